The van der Waals surface area contributed by atoms with Crippen LogP contribution in [0.5, 0.6) is 17.4 Å². The number of methoxy groups -OCH3 is 2. The number of likely N-dealkylation sites (tertiary alicyclic amines) is 1. The summed E-state index contributed by atoms with van der Waals surface area (Å²) in [7, 11) is 2.94. The molecule has 1 unspecified atom stereocenters. The fraction of sp³-hybridized carbons (Fsp3) is 0.385. The van der Waals surface area contributed by atoms with Gasteiger partial charge in [0.2, 0.25) is 5.88 Å². The van der Waals surface area contributed by atoms with E-state index in [4.69, 9.17) is 21.1 Å². The molecule has 11 heteroatoms. The molecule has 37 heavy (non-hydrogen) atoms. The molecule has 0 spiro atoms. The lowest BCUT2D eigenvalue weighted by Gasteiger charge is -2.22. The lowest BCUT2D eigenvalue weighted by atomic mass is 10.0. The lowest BCUT2D eigenvalue weighted by molar-refractivity contribution is 0.0784. The van der Waals surface area contributed by atoms with Crippen LogP contribution < -0.4 is 15.0 Å². The van der Waals surface area contributed by atoms with Gasteiger partial charge < -0.3 is 19.5 Å². The zero-order valence-electron chi connectivity index (χ0n) is 20.8. The first-order valence-corrected chi connectivity index (χ1v) is 12.3. The molecule has 0 aliphatic carbocycles. The van der Waals surface area contributed by atoms with Gasteiger partial charge in [-0.1, -0.05) is 31.0 Å². The molecule has 1 N–H and O–H groups in total. The Morgan fingerprint density at radius 1 is 1.27 bits per heavy atom. The normalized spacial score (nSPS) is 15.2. The Balaban J connectivity index is 1.78. The summed E-state index contributed by atoms with van der Waals surface area (Å²) in [5, 5.41) is 11.6. The lowest BCUT2D eigenvalue weighted by Crippen LogP contribution is -2.35. The van der Waals surface area contributed by atoms with Gasteiger partial charge in [-0.2, -0.15) is 4.98 Å². The summed E-state index contributed by atoms with van der Waals surface area (Å²) in [5.74, 6) is -1.19. The molecule has 1 fully saturated rings. The molecular weight excluding hydrogens is 503 g/mol. The third kappa shape index (κ3) is 5.11. The van der Waals surface area contributed by atoms with Crippen LogP contribution in [0.3, 0.4) is 0 Å². The first kappa shape index (κ1) is 26.4. The summed E-state index contributed by atoms with van der Waals surface area (Å²) in [6, 6.07) is 6.26. The Hall–Kier alpha value is -3.66. The number of halogens is 2. The van der Waals surface area contributed by atoms with Crippen LogP contribution in [-0.2, 0) is 6.42 Å². The molecule has 1 amide bonds. The largest absolute Gasteiger partial charge is 0.494 e. The highest BCUT2D eigenvalue weighted by Gasteiger charge is 2.35. The summed E-state index contributed by atoms with van der Waals surface area (Å²) in [6.07, 6.45) is 3.69. The van der Waals surface area contributed by atoms with Gasteiger partial charge >= 0.3 is 0 Å². The van der Waals surface area contributed by atoms with E-state index in [1.165, 1.54) is 35.9 Å². The number of nitrogens with zero attached hydrogens (tertiary/aromatic N) is 4. The van der Waals surface area contributed by atoms with E-state index in [0.29, 0.717) is 36.4 Å². The number of carbonyl (C=O) groups is 1. The second-order valence-corrected chi connectivity index (χ2v) is 9.18. The smallest absolute Gasteiger partial charge is 0.289 e. The number of hydrogen-bond acceptors (Lipinski definition) is 7. The fourth-order valence-electron chi connectivity index (χ4n) is 4.58. The highest BCUT2D eigenvalue weighted by atomic mass is 35.5. The van der Waals surface area contributed by atoms with Crippen molar-refractivity contribution in [1.82, 2.24) is 19.4 Å². The predicted molar refractivity (Wildman–Crippen MR) is 136 cm³/mol. The summed E-state index contributed by atoms with van der Waals surface area (Å²) < 4.78 is 26.8. The average molecular weight is 531 g/mol. The number of para-hydroxylation sites is 1. The van der Waals surface area contributed by atoms with Crippen molar-refractivity contribution < 1.29 is 23.8 Å². The topological polar surface area (TPSA) is 107 Å². The van der Waals surface area contributed by atoms with Crippen molar-refractivity contribution in [3.63, 3.8) is 0 Å². The summed E-state index contributed by atoms with van der Waals surface area (Å²) in [6.45, 7) is 2.37. The zero-order valence-corrected chi connectivity index (χ0v) is 21.6. The van der Waals surface area contributed by atoms with E-state index < -0.39 is 28.7 Å². The predicted octanol–water partition coefficient (Wildman–Crippen LogP) is 4.12. The van der Waals surface area contributed by atoms with Gasteiger partial charge in [-0.15, -0.1) is 0 Å². The number of aryl methyl sites for hydroxylation is 1. The van der Waals surface area contributed by atoms with Gasteiger partial charge in [0.25, 0.3) is 11.5 Å². The van der Waals surface area contributed by atoms with Crippen LogP contribution in [0, 0.1) is 5.82 Å². The van der Waals surface area contributed by atoms with Gasteiger partial charge in [-0.05, 0) is 31.0 Å². The zero-order chi connectivity index (χ0) is 26.7. The number of amides is 1. The molecule has 3 aromatic rings. The quantitative estimate of drug-likeness (QED) is 0.467. The van der Waals surface area contributed by atoms with Crippen molar-refractivity contribution in [2.24, 2.45) is 0 Å². The summed E-state index contributed by atoms with van der Waals surface area (Å²) in [5.41, 5.74) is -0.783. The minimum Gasteiger partial charge on any atom is -0.494 e. The van der Waals surface area contributed by atoms with E-state index in [-0.39, 0.29) is 35.5 Å². The van der Waals surface area contributed by atoms with Crippen LogP contribution in [0.4, 0.5) is 4.39 Å². The van der Waals surface area contributed by atoms with Gasteiger partial charge in [0.15, 0.2) is 5.56 Å². The monoisotopic (exact) mass is 530 g/mol. The van der Waals surface area contributed by atoms with E-state index in [1.807, 2.05) is 6.92 Å². The molecule has 1 aromatic carbocycles. The molecule has 9 nitrogen and oxygen atoms in total. The van der Waals surface area contributed by atoms with Crippen LogP contribution >= 0.6 is 11.6 Å². The maximum Gasteiger partial charge on any atom is 0.289 e. The number of aromatic hydroxyl groups is 1. The summed E-state index contributed by atoms with van der Waals surface area (Å²) >= 11 is 5.81. The standard InChI is InChI=1S/C26H28ClFN4O5/c1-4-5-9-20-30-24(33)21(26(35)32(20)23-18(36-2)7-6-8-19(23)37-3)25(34)31-11-10-15(14-31)22-17(28)12-16(27)13-29-22/h6-8,12-13,15,35H,4-5,9-11,14H2,1-3H3. The van der Waals surface area contributed by atoms with Crippen LogP contribution in [0.15, 0.2) is 35.3 Å². The van der Waals surface area contributed by atoms with E-state index in [2.05, 4.69) is 9.97 Å². The maximum absolute atomic E-state index is 14.4. The number of ether oxygens (including phenoxy) is 2. The molecule has 1 atom stereocenters. The van der Waals surface area contributed by atoms with Crippen LogP contribution in [0.25, 0.3) is 5.69 Å². The van der Waals surface area contributed by atoms with Crippen molar-refractivity contribution in [1.29, 1.82) is 0 Å². The Bertz CT molecular complexity index is 1360. The number of rotatable bonds is 8. The van der Waals surface area contributed by atoms with Crippen LogP contribution in [0.2, 0.25) is 5.02 Å². The molecule has 1 aliphatic heterocycles. The number of aromatic nitrogens is 3. The Morgan fingerprint density at radius 2 is 1.97 bits per heavy atom. The van der Waals surface area contributed by atoms with E-state index in [9.17, 15) is 19.1 Å². The third-order valence-electron chi connectivity index (χ3n) is 6.43. The molecule has 0 saturated carbocycles. The highest BCUT2D eigenvalue weighted by Crippen LogP contribution is 2.37. The second kappa shape index (κ2) is 11.2. The fourth-order valence-corrected chi connectivity index (χ4v) is 4.73. The van der Waals surface area contributed by atoms with Crippen molar-refractivity contribution in [3.05, 3.63) is 68.7 Å². The minimum atomic E-state index is -0.835. The molecule has 1 saturated heterocycles. The van der Waals surface area contributed by atoms with Gasteiger partial charge in [-0.3, -0.25) is 19.1 Å². The number of hydrogen-bond donors (Lipinski definition) is 1. The van der Waals surface area contributed by atoms with Crippen LogP contribution in [-0.4, -0.2) is 57.8 Å². The number of carbonyl (C=O) groups excluding carboxylic acids is 1. The molecule has 3 heterocycles. The molecule has 0 radical (unpaired) electrons. The SMILES string of the molecule is CCCCc1nc(=O)c(C(=O)N2CCC(c3ncc(Cl)cc3F)C2)c(O)n1-c1c(OC)cccc1OC. The number of benzene rings is 1. The van der Waals surface area contributed by atoms with Crippen molar-refractivity contribution in [2.75, 3.05) is 27.3 Å². The van der Waals surface area contributed by atoms with Crippen molar-refractivity contribution in [2.45, 2.75) is 38.5 Å². The third-order valence-corrected chi connectivity index (χ3v) is 6.64. The first-order valence-electron chi connectivity index (χ1n) is 12.0. The van der Waals surface area contributed by atoms with Crippen molar-refractivity contribution in [3.8, 4) is 23.1 Å². The summed E-state index contributed by atoms with van der Waals surface area (Å²) in [4.78, 5) is 36.3. The van der Waals surface area contributed by atoms with Gasteiger partial charge in [-0.25, -0.2) is 4.39 Å². The molecule has 1 aliphatic rings. The molecule has 0 bridgehead atoms. The highest BCUT2D eigenvalue weighted by molar-refractivity contribution is 6.30. The maximum atomic E-state index is 14.4. The van der Waals surface area contributed by atoms with Gasteiger partial charge in [0, 0.05) is 31.6 Å². The average Bonchev–Trinajstić information content (AvgIpc) is 3.37. The van der Waals surface area contributed by atoms with E-state index >= 15 is 0 Å². The molecular formula is C26H28ClFN4O5. The van der Waals surface area contributed by atoms with E-state index in [0.717, 1.165) is 6.42 Å². The van der Waals surface area contributed by atoms with Gasteiger partial charge in [0.1, 0.15) is 28.8 Å². The number of pyridine rings is 1. The second-order valence-electron chi connectivity index (χ2n) is 8.74. The Kier molecular flexibility index (Phi) is 7.97. The molecule has 2 aromatic heterocycles. The molecule has 196 valence electrons. The first-order chi connectivity index (χ1) is 17.8. The van der Waals surface area contributed by atoms with E-state index in [1.54, 1.807) is 18.2 Å². The van der Waals surface area contributed by atoms with Crippen molar-refractivity contribution >= 4 is 17.5 Å². The Labute approximate surface area is 218 Å². The number of unbranched alkanes of at least 4 members (excludes halogenated alkanes) is 1. The Morgan fingerprint density at radius 3 is 2.59 bits per heavy atom. The van der Waals surface area contributed by atoms with Crippen LogP contribution in [0.1, 0.15) is 54.0 Å². The minimum absolute atomic E-state index is 0.124. The van der Waals surface area contributed by atoms with Gasteiger partial charge in [0.05, 0.1) is 24.9 Å². The molecule has 4 rings (SSSR count).